The molecule has 2 rings (SSSR count). The smallest absolute Gasteiger partial charge is 0.325 e. The lowest BCUT2D eigenvalue weighted by molar-refractivity contribution is -0.137. The van der Waals surface area contributed by atoms with Gasteiger partial charge in [0.2, 0.25) is 0 Å². The first-order valence-corrected chi connectivity index (χ1v) is 6.43. The number of aryl methyl sites for hydroxylation is 1. The van der Waals surface area contributed by atoms with Crippen molar-refractivity contribution in [1.82, 2.24) is 0 Å². The molecule has 1 aromatic rings. The molecule has 1 N–H and O–H groups in total. The van der Waals surface area contributed by atoms with Crippen molar-refractivity contribution in [2.45, 2.75) is 29.4 Å². The van der Waals surface area contributed by atoms with Crippen molar-refractivity contribution in [3.05, 3.63) is 29.8 Å². The van der Waals surface area contributed by atoms with Crippen molar-refractivity contribution in [2.24, 2.45) is 0 Å². The number of rotatable bonds is 3. The molecule has 1 saturated carbocycles. The van der Waals surface area contributed by atoms with Crippen LogP contribution in [0.5, 0.6) is 0 Å². The lowest BCUT2D eigenvalue weighted by Crippen LogP contribution is -2.32. The number of carboxylic acid groups (broad SMARTS) is 1. The Balaban J connectivity index is 2.52. The highest BCUT2D eigenvalue weighted by Crippen LogP contribution is 2.46. The van der Waals surface area contributed by atoms with Crippen molar-refractivity contribution in [3.63, 3.8) is 0 Å². The molecular weight excluding hydrogens is 228 g/mol. The lowest BCUT2D eigenvalue weighted by atomic mass is 10.2. The first kappa shape index (κ1) is 11.1. The zero-order valence-electron chi connectivity index (χ0n) is 8.80. The van der Waals surface area contributed by atoms with Crippen LogP contribution in [0.3, 0.4) is 0 Å². The molecule has 1 aliphatic carbocycles. The van der Waals surface area contributed by atoms with E-state index in [4.69, 9.17) is 5.11 Å². The summed E-state index contributed by atoms with van der Waals surface area (Å²) < 4.78 is 22.7. The second-order valence-electron chi connectivity index (χ2n) is 4.12. The molecule has 1 aliphatic rings. The van der Waals surface area contributed by atoms with Gasteiger partial charge in [-0.05, 0) is 37.5 Å². The van der Waals surface area contributed by atoms with Crippen molar-refractivity contribution in [3.8, 4) is 0 Å². The Hall–Kier alpha value is -1.36. The number of hydrogen-bond donors (Lipinski definition) is 1. The minimum absolute atomic E-state index is 0.104. The molecule has 0 bridgehead atoms. The summed E-state index contributed by atoms with van der Waals surface area (Å²) in [5.74, 6) is -1.24. The minimum atomic E-state index is -3.75. The number of sulfone groups is 1. The summed E-state index contributed by atoms with van der Waals surface area (Å²) in [6.07, 6.45) is 0.414. The van der Waals surface area contributed by atoms with Crippen molar-refractivity contribution >= 4 is 15.8 Å². The van der Waals surface area contributed by atoms with Gasteiger partial charge in [-0.25, -0.2) is 8.42 Å². The number of hydrogen-bond acceptors (Lipinski definition) is 3. The lowest BCUT2D eigenvalue weighted by Gasteiger charge is -2.11. The fourth-order valence-corrected chi connectivity index (χ4v) is 3.64. The van der Waals surface area contributed by atoms with Gasteiger partial charge in [0, 0.05) is 0 Å². The fourth-order valence-electron chi connectivity index (χ4n) is 1.72. The van der Waals surface area contributed by atoms with Crippen LogP contribution in [-0.2, 0) is 14.6 Å². The maximum Gasteiger partial charge on any atom is 0.325 e. The summed E-state index contributed by atoms with van der Waals surface area (Å²) in [5, 5.41) is 8.99. The van der Waals surface area contributed by atoms with Gasteiger partial charge in [0.15, 0.2) is 14.6 Å². The number of benzene rings is 1. The van der Waals surface area contributed by atoms with E-state index in [0.29, 0.717) is 0 Å². The predicted octanol–water partition coefficient (Wildman–Crippen LogP) is 1.39. The van der Waals surface area contributed by atoms with Crippen LogP contribution in [0.1, 0.15) is 18.4 Å². The summed E-state index contributed by atoms with van der Waals surface area (Å²) in [4.78, 5) is 11.1. The Labute approximate surface area is 93.8 Å². The van der Waals surface area contributed by atoms with Gasteiger partial charge >= 0.3 is 5.97 Å². The summed E-state index contributed by atoms with van der Waals surface area (Å²) in [6.45, 7) is 1.78. The average molecular weight is 240 g/mol. The standard InChI is InChI=1S/C11H12O4S/c1-8-3-2-4-9(7-8)16(14,15)11(5-6-11)10(12)13/h2-4,7H,5-6H2,1H3,(H,12,13). The van der Waals surface area contributed by atoms with Crippen LogP contribution in [0.25, 0.3) is 0 Å². The van der Waals surface area contributed by atoms with Crippen LogP contribution >= 0.6 is 0 Å². The van der Waals surface area contributed by atoms with E-state index in [2.05, 4.69) is 0 Å². The van der Waals surface area contributed by atoms with Crippen molar-refractivity contribution in [1.29, 1.82) is 0 Å². The summed E-state index contributed by atoms with van der Waals surface area (Å²) in [7, 11) is -3.75. The molecule has 0 aromatic heterocycles. The van der Waals surface area contributed by atoms with E-state index in [1.807, 2.05) is 0 Å². The SMILES string of the molecule is Cc1cccc(S(=O)(=O)C2(C(=O)O)CC2)c1. The highest BCUT2D eigenvalue weighted by atomic mass is 32.2. The third-order valence-corrected chi connectivity index (χ3v) is 5.39. The van der Waals surface area contributed by atoms with Crippen LogP contribution in [0.2, 0.25) is 0 Å². The van der Waals surface area contributed by atoms with Gasteiger partial charge in [0.25, 0.3) is 0 Å². The molecule has 0 spiro atoms. The molecule has 1 fully saturated rings. The van der Waals surface area contributed by atoms with Gasteiger partial charge in [-0.15, -0.1) is 0 Å². The number of aliphatic carboxylic acids is 1. The topological polar surface area (TPSA) is 71.4 Å². The zero-order valence-corrected chi connectivity index (χ0v) is 9.62. The summed E-state index contributed by atoms with van der Waals surface area (Å²) in [6, 6.07) is 6.36. The van der Waals surface area contributed by atoms with Gasteiger partial charge in [-0.3, -0.25) is 4.79 Å². The quantitative estimate of drug-likeness (QED) is 0.866. The van der Waals surface area contributed by atoms with Crippen LogP contribution in [0.15, 0.2) is 29.2 Å². The molecular formula is C11H12O4S. The van der Waals surface area contributed by atoms with Gasteiger partial charge in [0.1, 0.15) is 0 Å². The van der Waals surface area contributed by atoms with Crippen molar-refractivity contribution < 1.29 is 18.3 Å². The van der Waals surface area contributed by atoms with Crippen molar-refractivity contribution in [2.75, 3.05) is 0 Å². The van der Waals surface area contributed by atoms with E-state index in [0.717, 1.165) is 5.56 Å². The Morgan fingerprint density at radius 2 is 2.00 bits per heavy atom. The molecule has 1 aromatic carbocycles. The molecule has 5 heteroatoms. The largest absolute Gasteiger partial charge is 0.480 e. The van der Waals surface area contributed by atoms with Gasteiger partial charge in [-0.2, -0.15) is 0 Å². The Kier molecular flexibility index (Phi) is 2.31. The molecule has 0 unspecified atom stereocenters. The van der Waals surface area contributed by atoms with E-state index in [1.165, 1.54) is 12.1 Å². The van der Waals surface area contributed by atoms with Crippen LogP contribution in [0, 0.1) is 6.92 Å². The minimum Gasteiger partial charge on any atom is -0.480 e. The first-order chi connectivity index (χ1) is 7.40. The summed E-state index contributed by atoms with van der Waals surface area (Å²) >= 11 is 0. The number of carboxylic acids is 1. The third-order valence-electron chi connectivity index (χ3n) is 2.91. The van der Waals surface area contributed by atoms with Crippen LogP contribution in [-0.4, -0.2) is 24.2 Å². The monoisotopic (exact) mass is 240 g/mol. The highest BCUT2D eigenvalue weighted by Gasteiger charge is 2.61. The molecule has 4 nitrogen and oxygen atoms in total. The van der Waals surface area contributed by atoms with Crippen LogP contribution in [0.4, 0.5) is 0 Å². The highest BCUT2D eigenvalue weighted by molar-refractivity contribution is 7.94. The molecule has 0 aliphatic heterocycles. The summed E-state index contributed by atoms with van der Waals surface area (Å²) in [5.41, 5.74) is 0.808. The predicted molar refractivity (Wildman–Crippen MR) is 58.0 cm³/mol. The van der Waals surface area contributed by atoms with E-state index < -0.39 is 20.6 Å². The third kappa shape index (κ3) is 1.43. The Morgan fingerprint density at radius 3 is 2.44 bits per heavy atom. The van der Waals surface area contributed by atoms with E-state index in [9.17, 15) is 13.2 Å². The second kappa shape index (κ2) is 3.31. The zero-order chi connectivity index (χ0) is 12.0. The fraction of sp³-hybridized carbons (Fsp3) is 0.364. The van der Waals surface area contributed by atoms with E-state index in [-0.39, 0.29) is 17.7 Å². The molecule has 0 heterocycles. The Bertz CT molecular complexity index is 541. The molecule has 0 radical (unpaired) electrons. The maximum absolute atomic E-state index is 12.1. The molecule has 86 valence electrons. The first-order valence-electron chi connectivity index (χ1n) is 4.95. The molecule has 0 saturated heterocycles. The maximum atomic E-state index is 12.1. The molecule has 0 atom stereocenters. The van der Waals surface area contributed by atoms with Gasteiger partial charge < -0.3 is 5.11 Å². The normalized spacial score (nSPS) is 18.1. The molecule has 16 heavy (non-hydrogen) atoms. The average Bonchev–Trinajstić information content (AvgIpc) is 2.98. The molecule has 0 amide bonds. The van der Waals surface area contributed by atoms with E-state index >= 15 is 0 Å². The van der Waals surface area contributed by atoms with Gasteiger partial charge in [0.05, 0.1) is 4.90 Å². The van der Waals surface area contributed by atoms with Gasteiger partial charge in [-0.1, -0.05) is 12.1 Å². The second-order valence-corrected chi connectivity index (χ2v) is 6.38. The Morgan fingerprint density at radius 1 is 1.38 bits per heavy atom. The number of carbonyl (C=O) groups is 1. The van der Waals surface area contributed by atoms with Crippen LogP contribution < -0.4 is 0 Å². The van der Waals surface area contributed by atoms with E-state index in [1.54, 1.807) is 19.1 Å².